The third kappa shape index (κ3) is 5.79. The number of nitrogens with zero attached hydrogens (tertiary/aromatic N) is 1. The maximum atomic E-state index is 13.4. The minimum Gasteiger partial charge on any atom is -0.491 e. The summed E-state index contributed by atoms with van der Waals surface area (Å²) in [7, 11) is 0. The number of carbonyl (C=O) groups excluding carboxylic acids is 2. The first-order valence-electron chi connectivity index (χ1n) is 10.00. The van der Waals surface area contributed by atoms with Crippen LogP contribution in [-0.4, -0.2) is 41.9 Å². The molecule has 2 amide bonds. The Kier molecular flexibility index (Phi) is 6.86. The van der Waals surface area contributed by atoms with Gasteiger partial charge in [-0.25, -0.2) is 4.39 Å². The van der Waals surface area contributed by atoms with Crippen LogP contribution in [0.3, 0.4) is 0 Å². The molecule has 1 heterocycles. The molecule has 1 N–H and O–H groups in total. The molecule has 0 unspecified atom stereocenters. The van der Waals surface area contributed by atoms with Crippen molar-refractivity contribution < 1.29 is 18.7 Å². The highest BCUT2D eigenvalue weighted by Gasteiger charge is 2.29. The third-order valence-electron chi connectivity index (χ3n) is 4.92. The van der Waals surface area contributed by atoms with E-state index < -0.39 is 0 Å². The van der Waals surface area contributed by atoms with Crippen LogP contribution >= 0.6 is 0 Å². The molecule has 0 bridgehead atoms. The van der Waals surface area contributed by atoms with Crippen LogP contribution in [0.1, 0.15) is 42.6 Å². The van der Waals surface area contributed by atoms with E-state index in [0.29, 0.717) is 30.0 Å². The van der Waals surface area contributed by atoms with Crippen LogP contribution in [0.2, 0.25) is 0 Å². The van der Waals surface area contributed by atoms with Gasteiger partial charge in [-0.3, -0.25) is 9.59 Å². The van der Waals surface area contributed by atoms with Gasteiger partial charge in [0.1, 0.15) is 18.2 Å². The lowest BCUT2D eigenvalue weighted by atomic mass is 10.1. The van der Waals surface area contributed by atoms with E-state index in [4.69, 9.17) is 4.74 Å². The second kappa shape index (κ2) is 9.54. The summed E-state index contributed by atoms with van der Waals surface area (Å²) in [4.78, 5) is 26.5. The fourth-order valence-corrected chi connectivity index (χ4v) is 3.50. The van der Waals surface area contributed by atoms with Crippen LogP contribution in [0.5, 0.6) is 5.75 Å². The highest BCUT2D eigenvalue weighted by atomic mass is 19.1. The number of carbonyl (C=O) groups is 2. The zero-order valence-corrected chi connectivity index (χ0v) is 16.9. The number of halogens is 1. The maximum absolute atomic E-state index is 13.4. The SMILES string of the molecule is CC(C)NC(=O)c1ccc(OC[C@@H]2CCCN2C(=O)Cc2cccc(F)c2)cc1. The van der Waals surface area contributed by atoms with Gasteiger partial charge in [0.15, 0.2) is 0 Å². The normalized spacial score (nSPS) is 16.1. The lowest BCUT2D eigenvalue weighted by Crippen LogP contribution is -2.39. The van der Waals surface area contributed by atoms with Crippen LogP contribution in [0, 0.1) is 5.82 Å². The molecule has 2 aromatic carbocycles. The molecule has 5 nitrogen and oxygen atoms in total. The molecule has 29 heavy (non-hydrogen) atoms. The molecule has 154 valence electrons. The quantitative estimate of drug-likeness (QED) is 0.776. The number of hydrogen-bond donors (Lipinski definition) is 1. The average Bonchev–Trinajstić information content (AvgIpc) is 3.15. The fourth-order valence-electron chi connectivity index (χ4n) is 3.50. The van der Waals surface area contributed by atoms with E-state index in [1.807, 2.05) is 18.7 Å². The van der Waals surface area contributed by atoms with E-state index >= 15 is 0 Å². The van der Waals surface area contributed by atoms with Gasteiger partial charge in [0.2, 0.25) is 5.91 Å². The molecule has 1 saturated heterocycles. The van der Waals surface area contributed by atoms with Crippen molar-refractivity contribution in [3.63, 3.8) is 0 Å². The van der Waals surface area contributed by atoms with Crippen molar-refractivity contribution in [1.82, 2.24) is 10.2 Å². The van der Waals surface area contributed by atoms with Crippen molar-refractivity contribution in [2.75, 3.05) is 13.2 Å². The molecule has 6 heteroatoms. The zero-order chi connectivity index (χ0) is 20.8. The smallest absolute Gasteiger partial charge is 0.251 e. The second-order valence-corrected chi connectivity index (χ2v) is 7.65. The predicted molar refractivity (Wildman–Crippen MR) is 109 cm³/mol. The van der Waals surface area contributed by atoms with Gasteiger partial charge < -0.3 is 15.0 Å². The Labute approximate surface area is 170 Å². The van der Waals surface area contributed by atoms with E-state index in [1.54, 1.807) is 36.4 Å². The molecule has 0 saturated carbocycles. The zero-order valence-electron chi connectivity index (χ0n) is 16.9. The van der Waals surface area contributed by atoms with Crippen molar-refractivity contribution in [2.45, 2.75) is 45.2 Å². The van der Waals surface area contributed by atoms with Crippen LogP contribution < -0.4 is 10.1 Å². The Bertz CT molecular complexity index is 851. The topological polar surface area (TPSA) is 58.6 Å². The number of ether oxygens (including phenoxy) is 1. The van der Waals surface area contributed by atoms with E-state index in [1.165, 1.54) is 12.1 Å². The molecule has 1 aliphatic rings. The van der Waals surface area contributed by atoms with Crippen molar-refractivity contribution in [2.24, 2.45) is 0 Å². The summed E-state index contributed by atoms with van der Waals surface area (Å²) < 4.78 is 19.2. The Morgan fingerprint density at radius 2 is 1.97 bits per heavy atom. The summed E-state index contributed by atoms with van der Waals surface area (Å²) >= 11 is 0. The fraction of sp³-hybridized carbons (Fsp3) is 0.391. The van der Waals surface area contributed by atoms with Gasteiger partial charge >= 0.3 is 0 Å². The molecule has 0 aromatic heterocycles. The van der Waals surface area contributed by atoms with Crippen LogP contribution in [-0.2, 0) is 11.2 Å². The molecular formula is C23H27FN2O3. The summed E-state index contributed by atoms with van der Waals surface area (Å²) in [5.74, 6) is 0.205. The summed E-state index contributed by atoms with van der Waals surface area (Å²) in [6.07, 6.45) is 1.99. The number of nitrogens with one attached hydrogen (secondary N) is 1. The Morgan fingerprint density at radius 3 is 2.66 bits per heavy atom. The molecule has 3 rings (SSSR count). The number of likely N-dealkylation sites (tertiary alicyclic amines) is 1. The largest absolute Gasteiger partial charge is 0.491 e. The number of benzene rings is 2. The van der Waals surface area contributed by atoms with Crippen molar-refractivity contribution in [3.8, 4) is 5.75 Å². The standard InChI is InChI=1S/C23H27FN2O3/c1-16(2)25-23(28)18-8-10-21(11-9-18)29-15-20-7-4-12-26(20)22(27)14-17-5-3-6-19(24)13-17/h3,5-6,8-11,13,16,20H,4,7,12,14-15H2,1-2H3,(H,25,28)/t20-/m0/s1. The second-order valence-electron chi connectivity index (χ2n) is 7.65. The van der Waals surface area contributed by atoms with E-state index in [9.17, 15) is 14.0 Å². The lowest BCUT2D eigenvalue weighted by Gasteiger charge is -2.25. The summed E-state index contributed by atoms with van der Waals surface area (Å²) in [6, 6.07) is 13.2. The van der Waals surface area contributed by atoms with Crippen molar-refractivity contribution in [1.29, 1.82) is 0 Å². The van der Waals surface area contributed by atoms with Crippen molar-refractivity contribution >= 4 is 11.8 Å². The summed E-state index contributed by atoms with van der Waals surface area (Å²) in [5.41, 5.74) is 1.26. The Balaban J connectivity index is 1.54. The van der Waals surface area contributed by atoms with Gasteiger partial charge in [0.25, 0.3) is 5.91 Å². The Morgan fingerprint density at radius 1 is 1.21 bits per heavy atom. The minimum atomic E-state index is -0.331. The van der Waals surface area contributed by atoms with Gasteiger partial charge in [0.05, 0.1) is 12.5 Å². The first-order chi connectivity index (χ1) is 13.9. The first-order valence-corrected chi connectivity index (χ1v) is 10.00. The third-order valence-corrected chi connectivity index (χ3v) is 4.92. The van der Waals surface area contributed by atoms with Gasteiger partial charge in [-0.05, 0) is 68.7 Å². The van der Waals surface area contributed by atoms with E-state index in [-0.39, 0.29) is 36.1 Å². The lowest BCUT2D eigenvalue weighted by molar-refractivity contribution is -0.131. The average molecular weight is 398 g/mol. The highest BCUT2D eigenvalue weighted by molar-refractivity contribution is 5.94. The van der Waals surface area contributed by atoms with Crippen molar-refractivity contribution in [3.05, 3.63) is 65.5 Å². The van der Waals surface area contributed by atoms with Crippen LogP contribution in [0.4, 0.5) is 4.39 Å². The predicted octanol–water partition coefficient (Wildman–Crippen LogP) is 3.58. The number of rotatable bonds is 7. The number of hydrogen-bond acceptors (Lipinski definition) is 3. The maximum Gasteiger partial charge on any atom is 0.251 e. The van der Waals surface area contributed by atoms with Crippen LogP contribution in [0.25, 0.3) is 0 Å². The molecule has 0 aliphatic carbocycles. The van der Waals surface area contributed by atoms with Gasteiger partial charge in [-0.1, -0.05) is 12.1 Å². The molecular weight excluding hydrogens is 371 g/mol. The highest BCUT2D eigenvalue weighted by Crippen LogP contribution is 2.21. The van der Waals surface area contributed by atoms with Crippen LogP contribution in [0.15, 0.2) is 48.5 Å². The van der Waals surface area contributed by atoms with E-state index in [2.05, 4.69) is 5.32 Å². The monoisotopic (exact) mass is 398 g/mol. The molecule has 1 aliphatic heterocycles. The number of amides is 2. The van der Waals surface area contributed by atoms with Gasteiger partial charge in [-0.2, -0.15) is 0 Å². The molecule has 0 spiro atoms. The molecule has 2 aromatic rings. The molecule has 0 radical (unpaired) electrons. The summed E-state index contributed by atoms with van der Waals surface area (Å²) in [5, 5.41) is 2.85. The minimum absolute atomic E-state index is 0.0000229. The first kappa shape index (κ1) is 20.8. The molecule has 1 fully saturated rings. The van der Waals surface area contributed by atoms with E-state index in [0.717, 1.165) is 12.8 Å². The van der Waals surface area contributed by atoms with Gasteiger partial charge in [0, 0.05) is 18.2 Å². The summed E-state index contributed by atoms with van der Waals surface area (Å²) in [6.45, 7) is 4.92. The molecule has 1 atom stereocenters. The Hall–Kier alpha value is -2.89. The van der Waals surface area contributed by atoms with Gasteiger partial charge in [-0.15, -0.1) is 0 Å².